The Bertz CT molecular complexity index is 732. The molecule has 5 nitrogen and oxygen atoms in total. The summed E-state index contributed by atoms with van der Waals surface area (Å²) in [5.41, 5.74) is 1.06. The third-order valence-electron chi connectivity index (χ3n) is 5.90. The Balaban J connectivity index is 1.77. The van der Waals surface area contributed by atoms with E-state index in [1.165, 1.54) is 5.56 Å². The molecule has 0 amide bonds. The van der Waals surface area contributed by atoms with Crippen LogP contribution in [0.3, 0.4) is 0 Å². The number of nitrogens with zero attached hydrogens (tertiary/aromatic N) is 3. The lowest BCUT2D eigenvalue weighted by Gasteiger charge is -2.37. The molecular weight excluding hydrogens is 360 g/mol. The minimum atomic E-state index is -0.201. The third-order valence-corrected chi connectivity index (χ3v) is 6.15. The van der Waals surface area contributed by atoms with E-state index < -0.39 is 0 Å². The van der Waals surface area contributed by atoms with Crippen LogP contribution < -0.4 is 5.32 Å². The highest BCUT2D eigenvalue weighted by Crippen LogP contribution is 2.46. The first-order valence-electron chi connectivity index (χ1n) is 9.86. The Kier molecular flexibility index (Phi) is 6.58. The Hall–Kier alpha value is -1.40. The first kappa shape index (κ1) is 20.3. The number of imidazole rings is 1. The summed E-state index contributed by atoms with van der Waals surface area (Å²) in [4.78, 5) is 6.89. The number of benzene rings is 1. The van der Waals surface area contributed by atoms with E-state index in [2.05, 4.69) is 52.7 Å². The number of aromatic nitrogens is 2. The summed E-state index contributed by atoms with van der Waals surface area (Å²) < 4.78 is 2.16. The van der Waals surface area contributed by atoms with E-state index >= 15 is 0 Å². The number of likely N-dealkylation sites (tertiary alicyclic amines) is 1. The fraction of sp³-hybridized carbons (Fsp3) is 0.571. The van der Waals surface area contributed by atoms with Gasteiger partial charge in [0, 0.05) is 42.1 Å². The molecule has 2 heterocycles. The molecule has 1 aliphatic heterocycles. The first-order chi connectivity index (χ1) is 13.0. The Labute approximate surface area is 167 Å². The van der Waals surface area contributed by atoms with E-state index in [1.54, 1.807) is 0 Å². The van der Waals surface area contributed by atoms with E-state index in [9.17, 15) is 5.11 Å². The zero-order chi connectivity index (χ0) is 19.4. The van der Waals surface area contributed by atoms with E-state index in [4.69, 9.17) is 11.6 Å². The van der Waals surface area contributed by atoms with Crippen LogP contribution in [0.2, 0.25) is 5.02 Å². The highest BCUT2D eigenvalue weighted by atomic mass is 35.5. The van der Waals surface area contributed by atoms with Gasteiger partial charge in [-0.2, -0.15) is 0 Å². The predicted octanol–water partition coefficient (Wildman–Crippen LogP) is 3.48. The minimum Gasteiger partial charge on any atom is -0.394 e. The van der Waals surface area contributed by atoms with Gasteiger partial charge < -0.3 is 15.0 Å². The fourth-order valence-electron chi connectivity index (χ4n) is 4.58. The monoisotopic (exact) mass is 390 g/mol. The Morgan fingerprint density at radius 3 is 2.63 bits per heavy atom. The van der Waals surface area contributed by atoms with Gasteiger partial charge in [-0.05, 0) is 50.4 Å². The van der Waals surface area contributed by atoms with Crippen molar-refractivity contribution in [2.45, 2.75) is 51.9 Å². The van der Waals surface area contributed by atoms with E-state index in [0.29, 0.717) is 5.92 Å². The van der Waals surface area contributed by atoms with Gasteiger partial charge in [-0.3, -0.25) is 4.90 Å². The summed E-state index contributed by atoms with van der Waals surface area (Å²) in [6, 6.07) is 8.43. The third kappa shape index (κ3) is 4.21. The molecule has 1 aliphatic rings. The normalized spacial score (nSPS) is 26.0. The molecule has 27 heavy (non-hydrogen) atoms. The molecule has 0 saturated carbocycles. The zero-order valence-corrected chi connectivity index (χ0v) is 17.3. The number of likely N-dealkylation sites (N-methyl/N-ethyl adjacent to an activating group) is 1. The lowest BCUT2D eigenvalue weighted by Crippen LogP contribution is -2.45. The van der Waals surface area contributed by atoms with Crippen molar-refractivity contribution in [3.05, 3.63) is 53.1 Å². The smallest absolute Gasteiger partial charge is 0.122 e. The number of hydrogen-bond donors (Lipinski definition) is 2. The largest absolute Gasteiger partial charge is 0.394 e. The molecule has 3 atom stereocenters. The highest BCUT2D eigenvalue weighted by molar-refractivity contribution is 6.30. The average Bonchev–Trinajstić information content (AvgIpc) is 3.24. The lowest BCUT2D eigenvalue weighted by atomic mass is 9.90. The van der Waals surface area contributed by atoms with Gasteiger partial charge in [0.05, 0.1) is 13.2 Å². The van der Waals surface area contributed by atoms with Crippen molar-refractivity contribution in [3.8, 4) is 0 Å². The molecule has 0 bridgehead atoms. The van der Waals surface area contributed by atoms with Crippen LogP contribution in [0, 0.1) is 5.92 Å². The molecule has 148 valence electrons. The van der Waals surface area contributed by atoms with Crippen molar-refractivity contribution in [1.82, 2.24) is 19.8 Å². The second kappa shape index (κ2) is 8.74. The summed E-state index contributed by atoms with van der Waals surface area (Å²) >= 11 is 6.10. The number of nitrogens with one attached hydrogen (secondary N) is 1. The quantitative estimate of drug-likeness (QED) is 0.724. The summed E-state index contributed by atoms with van der Waals surface area (Å²) in [6.45, 7) is 10.1. The van der Waals surface area contributed by atoms with Crippen molar-refractivity contribution < 1.29 is 5.11 Å². The maximum Gasteiger partial charge on any atom is 0.122 e. The topological polar surface area (TPSA) is 53.3 Å². The SMILES string of the molecule is CCN1[C@H](c2ccc(Cl)cc2)[C@H](CNCc2nccn2CC)C[C@]1(C)CO. The van der Waals surface area contributed by atoms with E-state index in [0.717, 1.165) is 43.4 Å². The molecular formula is C21H31ClN4O. The number of aliphatic hydroxyl groups is 1. The molecule has 2 N–H and O–H groups in total. The van der Waals surface area contributed by atoms with Gasteiger partial charge in [-0.1, -0.05) is 30.7 Å². The minimum absolute atomic E-state index is 0.168. The van der Waals surface area contributed by atoms with Crippen LogP contribution in [0.5, 0.6) is 0 Å². The maximum absolute atomic E-state index is 10.1. The van der Waals surface area contributed by atoms with Crippen LogP contribution in [0.25, 0.3) is 0 Å². The molecule has 1 fully saturated rings. The fourth-order valence-corrected chi connectivity index (χ4v) is 4.70. The van der Waals surface area contributed by atoms with Crippen LogP contribution in [0.15, 0.2) is 36.7 Å². The van der Waals surface area contributed by atoms with Crippen molar-refractivity contribution in [1.29, 1.82) is 0 Å². The summed E-state index contributed by atoms with van der Waals surface area (Å²) in [7, 11) is 0. The molecule has 0 spiro atoms. The van der Waals surface area contributed by atoms with Crippen molar-refractivity contribution >= 4 is 11.6 Å². The van der Waals surface area contributed by atoms with Crippen LogP contribution in [0.4, 0.5) is 0 Å². The number of aliphatic hydroxyl groups excluding tert-OH is 1. The van der Waals surface area contributed by atoms with Crippen molar-refractivity contribution in [2.75, 3.05) is 19.7 Å². The van der Waals surface area contributed by atoms with Gasteiger partial charge in [0.1, 0.15) is 5.82 Å². The van der Waals surface area contributed by atoms with Gasteiger partial charge in [0.2, 0.25) is 0 Å². The molecule has 6 heteroatoms. The average molecular weight is 391 g/mol. The second-order valence-corrected chi connectivity index (χ2v) is 8.10. The molecule has 0 unspecified atom stereocenters. The molecule has 1 saturated heterocycles. The standard InChI is InChI=1S/C21H31ClN4O/c1-4-25-11-10-24-19(25)14-23-13-17-12-21(3,15-27)26(5-2)20(17)16-6-8-18(22)9-7-16/h6-11,17,20,23,27H,4-5,12-15H2,1-3H3/t17-,20+,21+/m0/s1. The van der Waals surface area contributed by atoms with Crippen molar-refractivity contribution in [2.24, 2.45) is 5.92 Å². The number of hydrogen-bond acceptors (Lipinski definition) is 4. The van der Waals surface area contributed by atoms with Gasteiger partial charge in [0.25, 0.3) is 0 Å². The summed E-state index contributed by atoms with van der Waals surface area (Å²) in [5, 5.41) is 14.5. The Morgan fingerprint density at radius 2 is 2.00 bits per heavy atom. The summed E-state index contributed by atoms with van der Waals surface area (Å²) in [5.74, 6) is 1.48. The first-order valence-corrected chi connectivity index (χ1v) is 10.2. The van der Waals surface area contributed by atoms with Crippen LogP contribution >= 0.6 is 11.6 Å². The second-order valence-electron chi connectivity index (χ2n) is 7.66. The molecule has 0 aliphatic carbocycles. The molecule has 1 aromatic carbocycles. The maximum atomic E-state index is 10.1. The molecule has 3 rings (SSSR count). The van der Waals surface area contributed by atoms with E-state index in [1.807, 2.05) is 24.5 Å². The van der Waals surface area contributed by atoms with Gasteiger partial charge in [-0.25, -0.2) is 4.98 Å². The number of aryl methyl sites for hydroxylation is 1. The van der Waals surface area contributed by atoms with Crippen LogP contribution in [-0.2, 0) is 13.1 Å². The summed E-state index contributed by atoms with van der Waals surface area (Å²) in [6.07, 6.45) is 4.83. The predicted molar refractivity (Wildman–Crippen MR) is 110 cm³/mol. The highest BCUT2D eigenvalue weighted by Gasteiger charge is 2.47. The zero-order valence-electron chi connectivity index (χ0n) is 16.5. The van der Waals surface area contributed by atoms with Crippen LogP contribution in [0.1, 0.15) is 44.6 Å². The molecule has 2 aromatic rings. The van der Waals surface area contributed by atoms with Gasteiger partial charge in [0.15, 0.2) is 0 Å². The van der Waals surface area contributed by atoms with Gasteiger partial charge in [-0.15, -0.1) is 0 Å². The molecule has 0 radical (unpaired) electrons. The van der Waals surface area contributed by atoms with Gasteiger partial charge >= 0.3 is 0 Å². The van der Waals surface area contributed by atoms with Crippen LogP contribution in [-0.4, -0.2) is 44.8 Å². The molecule has 1 aromatic heterocycles. The van der Waals surface area contributed by atoms with E-state index in [-0.39, 0.29) is 18.2 Å². The number of halogens is 1. The van der Waals surface area contributed by atoms with Crippen molar-refractivity contribution in [3.63, 3.8) is 0 Å². The Morgan fingerprint density at radius 1 is 1.26 bits per heavy atom. The number of rotatable bonds is 8. The lowest BCUT2D eigenvalue weighted by molar-refractivity contribution is 0.0579.